The van der Waals surface area contributed by atoms with Crippen molar-refractivity contribution in [2.75, 3.05) is 12.4 Å². The summed E-state index contributed by atoms with van der Waals surface area (Å²) < 4.78 is 0.715. The molecule has 18 heavy (non-hydrogen) atoms. The van der Waals surface area contributed by atoms with Crippen molar-refractivity contribution in [1.82, 2.24) is 10.3 Å². The first-order valence-electron chi connectivity index (χ1n) is 6.13. The largest absolute Gasteiger partial charge is 0.350 e. The van der Waals surface area contributed by atoms with Crippen molar-refractivity contribution in [2.45, 2.75) is 26.2 Å². The van der Waals surface area contributed by atoms with E-state index in [-0.39, 0.29) is 5.91 Å². The molecule has 0 spiro atoms. The van der Waals surface area contributed by atoms with E-state index in [2.05, 4.69) is 33.2 Å². The monoisotopic (exact) mass is 332 g/mol. The molecule has 1 heterocycles. The number of rotatable bonds is 7. The minimum absolute atomic E-state index is 0.141. The van der Waals surface area contributed by atoms with E-state index in [4.69, 9.17) is 11.6 Å². The van der Waals surface area contributed by atoms with E-state index >= 15 is 0 Å². The highest BCUT2D eigenvalue weighted by molar-refractivity contribution is 9.10. The maximum Gasteiger partial charge on any atom is 0.271 e. The molecular weight excluding hydrogens is 316 g/mol. The lowest BCUT2D eigenvalue weighted by Gasteiger charge is -2.15. The first-order chi connectivity index (χ1) is 8.69. The van der Waals surface area contributed by atoms with Crippen LogP contribution in [0.3, 0.4) is 0 Å². The highest BCUT2D eigenvalue weighted by Gasteiger charge is 2.13. The molecule has 3 nitrogen and oxygen atoms in total. The fourth-order valence-corrected chi connectivity index (χ4v) is 2.53. The van der Waals surface area contributed by atoms with Gasteiger partial charge in [0.25, 0.3) is 5.91 Å². The minimum Gasteiger partial charge on any atom is -0.350 e. The molecule has 5 heteroatoms. The Hall–Kier alpha value is -0.610. The zero-order chi connectivity index (χ0) is 13.4. The molecule has 0 bridgehead atoms. The molecule has 0 radical (unpaired) electrons. The van der Waals surface area contributed by atoms with Crippen LogP contribution in [0, 0.1) is 5.92 Å². The van der Waals surface area contributed by atoms with Gasteiger partial charge in [0.15, 0.2) is 0 Å². The van der Waals surface area contributed by atoms with Gasteiger partial charge in [-0.05, 0) is 46.8 Å². The SMILES string of the molecule is CCCC(CCCl)CNC(=O)c1ncccc1Br. The molecule has 0 aromatic carbocycles. The van der Waals surface area contributed by atoms with Crippen molar-refractivity contribution in [3.8, 4) is 0 Å². The number of aromatic nitrogens is 1. The van der Waals surface area contributed by atoms with Crippen LogP contribution in [0.25, 0.3) is 0 Å². The predicted molar refractivity (Wildman–Crippen MR) is 78.0 cm³/mol. The third kappa shape index (κ3) is 4.94. The predicted octanol–water partition coefficient (Wildman–Crippen LogP) is 3.62. The van der Waals surface area contributed by atoms with Crippen LogP contribution in [0.4, 0.5) is 0 Å². The Labute approximate surface area is 121 Å². The summed E-state index contributed by atoms with van der Waals surface area (Å²) >= 11 is 9.08. The Bertz CT molecular complexity index is 381. The third-order valence-corrected chi connectivity index (χ3v) is 3.60. The molecule has 0 saturated carbocycles. The highest BCUT2D eigenvalue weighted by atomic mass is 79.9. The van der Waals surface area contributed by atoms with Gasteiger partial charge in [0.05, 0.1) is 0 Å². The van der Waals surface area contributed by atoms with Gasteiger partial charge in [-0.3, -0.25) is 4.79 Å². The highest BCUT2D eigenvalue weighted by Crippen LogP contribution is 2.14. The maximum atomic E-state index is 11.9. The number of carbonyl (C=O) groups excluding carboxylic acids is 1. The summed E-state index contributed by atoms with van der Waals surface area (Å²) in [5.74, 6) is 0.936. The Morgan fingerprint density at radius 3 is 2.94 bits per heavy atom. The first-order valence-corrected chi connectivity index (χ1v) is 7.46. The normalized spacial score (nSPS) is 12.2. The van der Waals surface area contributed by atoms with Gasteiger partial charge in [-0.15, -0.1) is 11.6 Å². The molecule has 1 aromatic rings. The molecule has 0 saturated heterocycles. The van der Waals surface area contributed by atoms with Gasteiger partial charge in [-0.25, -0.2) is 4.98 Å². The second-order valence-corrected chi connectivity index (χ2v) is 5.41. The number of hydrogen-bond donors (Lipinski definition) is 1. The summed E-state index contributed by atoms with van der Waals surface area (Å²) in [5.41, 5.74) is 0.429. The summed E-state index contributed by atoms with van der Waals surface area (Å²) in [4.78, 5) is 16.0. The second kappa shape index (κ2) is 8.48. The summed E-state index contributed by atoms with van der Waals surface area (Å²) in [5, 5.41) is 2.92. The second-order valence-electron chi connectivity index (χ2n) is 4.18. The Balaban J connectivity index is 2.52. The van der Waals surface area contributed by atoms with E-state index in [1.807, 2.05) is 6.07 Å². The lowest BCUT2D eigenvalue weighted by molar-refractivity contribution is 0.0940. The molecule has 1 aromatic heterocycles. The average molecular weight is 334 g/mol. The molecule has 100 valence electrons. The number of hydrogen-bond acceptors (Lipinski definition) is 2. The van der Waals surface area contributed by atoms with Crippen molar-refractivity contribution in [2.24, 2.45) is 5.92 Å². The quantitative estimate of drug-likeness (QED) is 0.774. The summed E-state index contributed by atoms with van der Waals surface area (Å²) in [6.07, 6.45) is 4.72. The Kier molecular flexibility index (Phi) is 7.28. The molecule has 1 amide bonds. The summed E-state index contributed by atoms with van der Waals surface area (Å²) in [6.45, 7) is 2.79. The van der Waals surface area contributed by atoms with Gasteiger partial charge in [0, 0.05) is 23.1 Å². The van der Waals surface area contributed by atoms with Crippen LogP contribution in [0.5, 0.6) is 0 Å². The number of nitrogens with one attached hydrogen (secondary N) is 1. The van der Waals surface area contributed by atoms with Gasteiger partial charge in [-0.2, -0.15) is 0 Å². The van der Waals surface area contributed by atoms with E-state index < -0.39 is 0 Å². The average Bonchev–Trinajstić information content (AvgIpc) is 2.36. The number of halogens is 2. The molecule has 0 aliphatic rings. The molecule has 1 unspecified atom stereocenters. The van der Waals surface area contributed by atoms with Gasteiger partial charge >= 0.3 is 0 Å². The summed E-state index contributed by atoms with van der Waals surface area (Å²) in [7, 11) is 0. The maximum absolute atomic E-state index is 11.9. The number of carbonyl (C=O) groups is 1. The van der Waals surface area contributed by atoms with Crippen LogP contribution >= 0.6 is 27.5 Å². The fraction of sp³-hybridized carbons (Fsp3) is 0.538. The Morgan fingerprint density at radius 2 is 2.33 bits per heavy atom. The van der Waals surface area contributed by atoms with E-state index in [1.165, 1.54) is 0 Å². The smallest absolute Gasteiger partial charge is 0.271 e. The molecule has 1 rings (SSSR count). The fourth-order valence-electron chi connectivity index (χ4n) is 1.78. The van der Waals surface area contributed by atoms with E-state index in [0.717, 1.165) is 19.3 Å². The molecule has 0 aliphatic heterocycles. The van der Waals surface area contributed by atoms with Crippen LogP contribution in [0.2, 0.25) is 0 Å². The molecular formula is C13H18BrClN2O. The number of pyridine rings is 1. The van der Waals surface area contributed by atoms with Crippen molar-refractivity contribution in [1.29, 1.82) is 0 Å². The van der Waals surface area contributed by atoms with Crippen LogP contribution in [0.15, 0.2) is 22.8 Å². The van der Waals surface area contributed by atoms with E-state index in [0.29, 0.717) is 28.5 Å². The lowest BCUT2D eigenvalue weighted by Crippen LogP contribution is -2.30. The van der Waals surface area contributed by atoms with Crippen molar-refractivity contribution in [3.63, 3.8) is 0 Å². The zero-order valence-corrected chi connectivity index (χ0v) is 12.8. The topological polar surface area (TPSA) is 42.0 Å². The van der Waals surface area contributed by atoms with Crippen molar-refractivity contribution in [3.05, 3.63) is 28.5 Å². The molecule has 0 fully saturated rings. The molecule has 1 N–H and O–H groups in total. The van der Waals surface area contributed by atoms with E-state index in [9.17, 15) is 4.79 Å². The van der Waals surface area contributed by atoms with Crippen molar-refractivity contribution < 1.29 is 4.79 Å². The zero-order valence-electron chi connectivity index (χ0n) is 10.5. The van der Waals surface area contributed by atoms with Crippen molar-refractivity contribution >= 4 is 33.4 Å². The molecule has 1 atom stereocenters. The number of amides is 1. The lowest BCUT2D eigenvalue weighted by atomic mass is 10.0. The summed E-state index contributed by atoms with van der Waals surface area (Å²) in [6, 6.07) is 3.60. The van der Waals surface area contributed by atoms with E-state index in [1.54, 1.807) is 12.3 Å². The van der Waals surface area contributed by atoms with Crippen LogP contribution in [0.1, 0.15) is 36.7 Å². The van der Waals surface area contributed by atoms with Gasteiger partial charge < -0.3 is 5.32 Å². The third-order valence-electron chi connectivity index (χ3n) is 2.74. The molecule has 0 aliphatic carbocycles. The first kappa shape index (κ1) is 15.4. The van der Waals surface area contributed by atoms with Gasteiger partial charge in [0.1, 0.15) is 5.69 Å². The minimum atomic E-state index is -0.141. The Morgan fingerprint density at radius 1 is 1.56 bits per heavy atom. The van der Waals surface area contributed by atoms with Crippen LogP contribution in [-0.4, -0.2) is 23.3 Å². The standard InChI is InChI=1S/C13H18BrClN2O/c1-2-4-10(6-7-15)9-17-13(18)12-11(14)5-3-8-16-12/h3,5,8,10H,2,4,6-7,9H2,1H3,(H,17,18). The number of alkyl halides is 1. The van der Waals surface area contributed by atoms with Gasteiger partial charge in [-0.1, -0.05) is 13.3 Å². The van der Waals surface area contributed by atoms with Crippen LogP contribution < -0.4 is 5.32 Å². The van der Waals surface area contributed by atoms with Gasteiger partial charge in [0.2, 0.25) is 0 Å². The van der Waals surface area contributed by atoms with Crippen LogP contribution in [-0.2, 0) is 0 Å². The number of nitrogens with zero attached hydrogens (tertiary/aromatic N) is 1.